The summed E-state index contributed by atoms with van der Waals surface area (Å²) >= 11 is 0. The summed E-state index contributed by atoms with van der Waals surface area (Å²) in [6, 6.07) is 0. The molecular weight excluding hydrogens is 516 g/mol. The van der Waals surface area contributed by atoms with Crippen molar-refractivity contribution in [2.24, 2.45) is 17.6 Å². The topological polar surface area (TPSA) is 72.2 Å². The van der Waals surface area contributed by atoms with E-state index in [1.54, 1.807) is 0 Å². The van der Waals surface area contributed by atoms with Crippen LogP contribution in [0.3, 0.4) is 0 Å². The molecular formula is C38H76N2O2. The highest BCUT2D eigenvalue weighted by atomic mass is 16.1. The van der Waals surface area contributed by atoms with E-state index in [1.165, 1.54) is 167 Å². The minimum Gasteiger partial charge on any atom is -0.355 e. The molecule has 2 unspecified atom stereocenters. The van der Waals surface area contributed by atoms with Gasteiger partial charge in [-0.3, -0.25) is 4.79 Å². The summed E-state index contributed by atoms with van der Waals surface area (Å²) in [6.45, 7) is 5.75. The maximum absolute atomic E-state index is 11.8. The van der Waals surface area contributed by atoms with Gasteiger partial charge in [0.2, 0.25) is 5.91 Å². The molecule has 0 aromatic heterocycles. The minimum absolute atomic E-state index is 0.160. The van der Waals surface area contributed by atoms with Gasteiger partial charge in [0.05, 0.1) is 0 Å². The predicted octanol–water partition coefficient (Wildman–Crippen LogP) is 11.2. The van der Waals surface area contributed by atoms with Crippen molar-refractivity contribution in [3.63, 3.8) is 0 Å². The van der Waals surface area contributed by atoms with Crippen LogP contribution in [-0.4, -0.2) is 25.3 Å². The van der Waals surface area contributed by atoms with Gasteiger partial charge in [0.1, 0.15) is 6.29 Å². The van der Waals surface area contributed by atoms with Gasteiger partial charge in [-0.05, 0) is 24.7 Å². The molecule has 0 aliphatic heterocycles. The summed E-state index contributed by atoms with van der Waals surface area (Å²) in [4.78, 5) is 22.3. The fraction of sp³-hybridized carbons (Fsp3) is 0.947. The molecule has 4 nitrogen and oxygen atoms in total. The number of hydrogen-bond donors (Lipinski definition) is 2. The molecule has 250 valence electrons. The van der Waals surface area contributed by atoms with E-state index in [0.717, 1.165) is 37.4 Å². The van der Waals surface area contributed by atoms with Crippen molar-refractivity contribution >= 4 is 12.2 Å². The van der Waals surface area contributed by atoms with Crippen molar-refractivity contribution in [1.29, 1.82) is 0 Å². The van der Waals surface area contributed by atoms with Crippen LogP contribution in [0.4, 0.5) is 0 Å². The number of carbonyl (C=O) groups is 2. The van der Waals surface area contributed by atoms with Crippen molar-refractivity contribution in [2.75, 3.05) is 13.1 Å². The molecule has 1 amide bonds. The summed E-state index contributed by atoms with van der Waals surface area (Å²) in [7, 11) is 0. The van der Waals surface area contributed by atoms with Crippen LogP contribution in [0.25, 0.3) is 0 Å². The molecule has 0 rings (SSSR count). The highest BCUT2D eigenvalue weighted by Crippen LogP contribution is 2.33. The van der Waals surface area contributed by atoms with E-state index in [1.807, 2.05) is 0 Å². The smallest absolute Gasteiger partial charge is 0.220 e. The SMILES string of the molecule is CCCCCCCCC(CCCCCCCCC=O)C(CCCCCCCC)CCCCCCCCC(=O)NCCN. The lowest BCUT2D eigenvalue weighted by Crippen LogP contribution is -2.28. The van der Waals surface area contributed by atoms with Crippen LogP contribution >= 0.6 is 0 Å². The first-order chi connectivity index (χ1) is 20.7. The lowest BCUT2D eigenvalue weighted by molar-refractivity contribution is -0.121. The Morgan fingerprint density at radius 1 is 0.548 bits per heavy atom. The standard InChI is InChI=1S/C38H76N2O2/c1-3-5-7-9-16-22-28-36(30-24-18-12-11-15-21-27-35-41)37(29-23-17-10-8-6-4-2)31-25-19-13-14-20-26-32-38(42)40-34-33-39/h35-37H,3-34,39H2,1-2H3,(H,40,42). The monoisotopic (exact) mass is 593 g/mol. The van der Waals surface area contributed by atoms with Gasteiger partial charge in [0, 0.05) is 25.9 Å². The van der Waals surface area contributed by atoms with E-state index in [9.17, 15) is 9.59 Å². The molecule has 0 aliphatic rings. The Balaban J connectivity index is 4.69. The van der Waals surface area contributed by atoms with E-state index in [4.69, 9.17) is 5.73 Å². The minimum atomic E-state index is 0.160. The Bertz CT molecular complexity index is 553. The maximum atomic E-state index is 11.8. The fourth-order valence-corrected chi connectivity index (χ4v) is 6.65. The highest BCUT2D eigenvalue weighted by molar-refractivity contribution is 5.75. The molecule has 0 spiro atoms. The van der Waals surface area contributed by atoms with Crippen LogP contribution in [0.5, 0.6) is 0 Å². The summed E-state index contributed by atoms with van der Waals surface area (Å²) in [5.74, 6) is 2.01. The number of hydrogen-bond acceptors (Lipinski definition) is 3. The third-order valence-corrected chi connectivity index (χ3v) is 9.37. The van der Waals surface area contributed by atoms with Gasteiger partial charge >= 0.3 is 0 Å². The molecule has 0 saturated heterocycles. The average Bonchev–Trinajstić information content (AvgIpc) is 3.00. The summed E-state index contributed by atoms with van der Waals surface area (Å²) < 4.78 is 0. The zero-order chi connectivity index (χ0) is 30.8. The molecule has 0 fully saturated rings. The van der Waals surface area contributed by atoms with Gasteiger partial charge in [-0.15, -0.1) is 0 Å². The van der Waals surface area contributed by atoms with Crippen molar-refractivity contribution < 1.29 is 9.59 Å². The molecule has 0 bridgehead atoms. The quantitative estimate of drug-likeness (QED) is 0.0568. The van der Waals surface area contributed by atoms with E-state index < -0.39 is 0 Å². The molecule has 0 aromatic carbocycles. The highest BCUT2D eigenvalue weighted by Gasteiger charge is 2.20. The van der Waals surface area contributed by atoms with Crippen LogP contribution in [0.2, 0.25) is 0 Å². The third kappa shape index (κ3) is 29.2. The Kier molecular flexibility index (Phi) is 33.8. The van der Waals surface area contributed by atoms with Crippen molar-refractivity contribution in [2.45, 2.75) is 206 Å². The second-order valence-electron chi connectivity index (χ2n) is 13.3. The first-order valence-electron chi connectivity index (χ1n) is 19.1. The lowest BCUT2D eigenvalue weighted by atomic mass is 9.78. The second kappa shape index (κ2) is 34.6. The van der Waals surface area contributed by atoms with Crippen LogP contribution < -0.4 is 11.1 Å². The van der Waals surface area contributed by atoms with Gasteiger partial charge < -0.3 is 15.8 Å². The fourth-order valence-electron chi connectivity index (χ4n) is 6.65. The summed E-state index contributed by atoms with van der Waals surface area (Å²) in [5.41, 5.74) is 5.47. The zero-order valence-corrected chi connectivity index (χ0v) is 28.8. The number of amides is 1. The number of nitrogens with two attached hydrogens (primary N) is 1. The van der Waals surface area contributed by atoms with E-state index in [2.05, 4.69) is 19.2 Å². The maximum Gasteiger partial charge on any atom is 0.220 e. The largest absolute Gasteiger partial charge is 0.355 e. The van der Waals surface area contributed by atoms with E-state index in [0.29, 0.717) is 19.5 Å². The molecule has 0 aromatic rings. The Morgan fingerprint density at radius 2 is 0.905 bits per heavy atom. The first kappa shape index (κ1) is 41.1. The molecule has 42 heavy (non-hydrogen) atoms. The van der Waals surface area contributed by atoms with Gasteiger partial charge in [0.15, 0.2) is 0 Å². The number of rotatable bonds is 35. The van der Waals surface area contributed by atoms with Crippen LogP contribution in [0.1, 0.15) is 206 Å². The molecule has 0 heterocycles. The number of carbonyl (C=O) groups excluding carboxylic acids is 2. The van der Waals surface area contributed by atoms with Crippen molar-refractivity contribution in [1.82, 2.24) is 5.32 Å². The molecule has 3 N–H and O–H groups in total. The Labute approximate surface area is 263 Å². The third-order valence-electron chi connectivity index (χ3n) is 9.37. The van der Waals surface area contributed by atoms with Crippen LogP contribution in [0.15, 0.2) is 0 Å². The van der Waals surface area contributed by atoms with Crippen LogP contribution in [-0.2, 0) is 9.59 Å². The van der Waals surface area contributed by atoms with Crippen molar-refractivity contribution in [3.8, 4) is 0 Å². The summed E-state index contributed by atoms with van der Waals surface area (Å²) in [5, 5.41) is 2.88. The Hall–Kier alpha value is -0.900. The number of unbranched alkanes of at least 4 members (excludes halogenated alkanes) is 21. The predicted molar refractivity (Wildman–Crippen MR) is 185 cm³/mol. The van der Waals surface area contributed by atoms with E-state index in [-0.39, 0.29) is 5.91 Å². The molecule has 0 radical (unpaired) electrons. The normalized spacial score (nSPS) is 12.8. The molecule has 0 saturated carbocycles. The molecule has 0 aliphatic carbocycles. The van der Waals surface area contributed by atoms with E-state index >= 15 is 0 Å². The van der Waals surface area contributed by atoms with Crippen LogP contribution in [0, 0.1) is 11.8 Å². The first-order valence-corrected chi connectivity index (χ1v) is 19.1. The average molecular weight is 593 g/mol. The van der Waals surface area contributed by atoms with Gasteiger partial charge in [-0.25, -0.2) is 0 Å². The van der Waals surface area contributed by atoms with Gasteiger partial charge in [0.25, 0.3) is 0 Å². The van der Waals surface area contributed by atoms with Gasteiger partial charge in [-0.2, -0.15) is 0 Å². The zero-order valence-electron chi connectivity index (χ0n) is 28.8. The number of aldehydes is 1. The number of nitrogens with one attached hydrogen (secondary N) is 1. The second-order valence-corrected chi connectivity index (χ2v) is 13.3. The lowest BCUT2D eigenvalue weighted by Gasteiger charge is -2.28. The molecule has 4 heteroatoms. The summed E-state index contributed by atoms with van der Waals surface area (Å²) in [6.07, 6.45) is 40.4. The van der Waals surface area contributed by atoms with Gasteiger partial charge in [-0.1, -0.05) is 181 Å². The molecule has 2 atom stereocenters. The van der Waals surface area contributed by atoms with Crippen molar-refractivity contribution in [3.05, 3.63) is 0 Å². The Morgan fingerprint density at radius 3 is 1.29 bits per heavy atom.